The van der Waals surface area contributed by atoms with E-state index >= 15 is 0 Å². The third-order valence-electron chi connectivity index (χ3n) is 2.13. The van der Waals surface area contributed by atoms with Gasteiger partial charge in [0.15, 0.2) is 0 Å². The SMILES string of the molecule is Cn1ccnc1C(O)Cc1cccs1. The van der Waals surface area contributed by atoms with Gasteiger partial charge >= 0.3 is 0 Å². The Labute approximate surface area is 86.7 Å². The lowest BCUT2D eigenvalue weighted by molar-refractivity contribution is 0.166. The van der Waals surface area contributed by atoms with Crippen LogP contribution in [0.15, 0.2) is 29.9 Å². The highest BCUT2D eigenvalue weighted by Crippen LogP contribution is 2.19. The van der Waals surface area contributed by atoms with E-state index in [4.69, 9.17) is 0 Å². The molecule has 0 saturated carbocycles. The first-order valence-corrected chi connectivity index (χ1v) is 5.33. The van der Waals surface area contributed by atoms with Gasteiger partial charge in [-0.25, -0.2) is 4.98 Å². The molecule has 3 nitrogen and oxygen atoms in total. The number of rotatable bonds is 3. The van der Waals surface area contributed by atoms with E-state index in [1.165, 1.54) is 4.88 Å². The van der Waals surface area contributed by atoms with Gasteiger partial charge in [0.05, 0.1) is 0 Å². The van der Waals surface area contributed by atoms with Gasteiger partial charge in [0.1, 0.15) is 11.9 Å². The maximum atomic E-state index is 9.89. The Hall–Kier alpha value is -1.13. The molecule has 2 aromatic heterocycles. The molecular weight excluding hydrogens is 196 g/mol. The number of thiophene rings is 1. The van der Waals surface area contributed by atoms with Gasteiger partial charge in [-0.2, -0.15) is 0 Å². The smallest absolute Gasteiger partial charge is 0.137 e. The molecule has 0 fully saturated rings. The molecule has 0 aliphatic rings. The number of aryl methyl sites for hydroxylation is 1. The molecular formula is C10H12N2OS. The molecule has 74 valence electrons. The highest BCUT2D eigenvalue weighted by molar-refractivity contribution is 7.09. The average Bonchev–Trinajstić information content (AvgIpc) is 2.75. The Kier molecular flexibility index (Phi) is 2.65. The van der Waals surface area contributed by atoms with Crippen LogP contribution < -0.4 is 0 Å². The maximum Gasteiger partial charge on any atom is 0.137 e. The summed E-state index contributed by atoms with van der Waals surface area (Å²) >= 11 is 1.66. The topological polar surface area (TPSA) is 38.0 Å². The fraction of sp³-hybridized carbons (Fsp3) is 0.300. The minimum Gasteiger partial charge on any atom is -0.385 e. The van der Waals surface area contributed by atoms with Gasteiger partial charge in [0, 0.05) is 30.7 Å². The van der Waals surface area contributed by atoms with Gasteiger partial charge in [0.25, 0.3) is 0 Å². The number of aliphatic hydroxyl groups is 1. The Morgan fingerprint density at radius 1 is 1.64 bits per heavy atom. The van der Waals surface area contributed by atoms with Crippen molar-refractivity contribution >= 4 is 11.3 Å². The first kappa shape index (κ1) is 9.43. The standard InChI is InChI=1S/C10H12N2OS/c1-12-5-4-11-10(12)9(13)7-8-3-2-6-14-8/h2-6,9,13H,7H2,1H3. The lowest BCUT2D eigenvalue weighted by Crippen LogP contribution is -2.07. The fourth-order valence-electron chi connectivity index (χ4n) is 1.41. The van der Waals surface area contributed by atoms with Crippen LogP contribution in [-0.2, 0) is 13.5 Å². The number of hydrogen-bond donors (Lipinski definition) is 1. The van der Waals surface area contributed by atoms with Gasteiger partial charge in [-0.1, -0.05) is 6.07 Å². The van der Waals surface area contributed by atoms with Crippen LogP contribution in [0.2, 0.25) is 0 Å². The average molecular weight is 208 g/mol. The zero-order chi connectivity index (χ0) is 9.97. The van der Waals surface area contributed by atoms with Crippen LogP contribution in [0.3, 0.4) is 0 Å². The number of aromatic nitrogens is 2. The molecule has 2 aromatic rings. The van der Waals surface area contributed by atoms with Crippen LogP contribution in [-0.4, -0.2) is 14.7 Å². The summed E-state index contributed by atoms with van der Waals surface area (Å²) in [4.78, 5) is 5.29. The van der Waals surface area contributed by atoms with Gasteiger partial charge < -0.3 is 9.67 Å². The highest BCUT2D eigenvalue weighted by Gasteiger charge is 2.13. The molecule has 14 heavy (non-hydrogen) atoms. The van der Waals surface area contributed by atoms with E-state index in [2.05, 4.69) is 4.98 Å². The van der Waals surface area contributed by atoms with Crippen LogP contribution in [0.5, 0.6) is 0 Å². The minimum atomic E-state index is -0.506. The molecule has 2 heterocycles. The summed E-state index contributed by atoms with van der Waals surface area (Å²) in [7, 11) is 1.89. The molecule has 0 aromatic carbocycles. The van der Waals surface area contributed by atoms with Crippen molar-refractivity contribution in [2.24, 2.45) is 7.05 Å². The normalized spacial score (nSPS) is 13.0. The second-order valence-corrected chi connectivity index (χ2v) is 4.23. The van der Waals surface area contributed by atoms with Crippen molar-refractivity contribution in [3.05, 3.63) is 40.6 Å². The molecule has 1 N–H and O–H groups in total. The second kappa shape index (κ2) is 3.94. The second-order valence-electron chi connectivity index (χ2n) is 3.20. The minimum absolute atomic E-state index is 0.506. The molecule has 0 aliphatic carbocycles. The number of imidazole rings is 1. The lowest BCUT2D eigenvalue weighted by Gasteiger charge is -2.08. The van der Waals surface area contributed by atoms with Crippen molar-refractivity contribution in [3.8, 4) is 0 Å². The van der Waals surface area contributed by atoms with Crippen molar-refractivity contribution in [1.29, 1.82) is 0 Å². The summed E-state index contributed by atoms with van der Waals surface area (Å²) in [6, 6.07) is 4.02. The van der Waals surface area contributed by atoms with Crippen LogP contribution in [0.1, 0.15) is 16.8 Å². The van der Waals surface area contributed by atoms with E-state index in [-0.39, 0.29) is 0 Å². The molecule has 0 saturated heterocycles. The zero-order valence-corrected chi connectivity index (χ0v) is 8.74. The summed E-state index contributed by atoms with van der Waals surface area (Å²) in [6.45, 7) is 0. The lowest BCUT2D eigenvalue weighted by atomic mass is 10.2. The number of nitrogens with zero attached hydrogens (tertiary/aromatic N) is 2. The first-order chi connectivity index (χ1) is 6.77. The molecule has 4 heteroatoms. The summed E-state index contributed by atoms with van der Waals surface area (Å²) in [5, 5.41) is 11.9. The Morgan fingerprint density at radius 3 is 3.07 bits per heavy atom. The largest absolute Gasteiger partial charge is 0.385 e. The Bertz CT molecular complexity index is 394. The predicted octanol–water partition coefficient (Wildman–Crippen LogP) is 1.76. The van der Waals surface area contributed by atoms with E-state index in [1.807, 2.05) is 35.3 Å². The number of hydrogen-bond acceptors (Lipinski definition) is 3. The van der Waals surface area contributed by atoms with Gasteiger partial charge in [-0.15, -0.1) is 11.3 Å². The van der Waals surface area contributed by atoms with Crippen LogP contribution >= 0.6 is 11.3 Å². The van der Waals surface area contributed by atoms with E-state index in [0.717, 1.165) is 5.82 Å². The number of aliphatic hydroxyl groups excluding tert-OH is 1. The first-order valence-electron chi connectivity index (χ1n) is 4.45. The maximum absolute atomic E-state index is 9.89. The molecule has 0 spiro atoms. The molecule has 0 amide bonds. The molecule has 0 radical (unpaired) electrons. The van der Waals surface area contributed by atoms with Crippen LogP contribution in [0.4, 0.5) is 0 Å². The Balaban J connectivity index is 2.10. The summed E-state index contributed by atoms with van der Waals surface area (Å²) in [5.41, 5.74) is 0. The van der Waals surface area contributed by atoms with Crippen LogP contribution in [0, 0.1) is 0 Å². The van der Waals surface area contributed by atoms with E-state index < -0.39 is 6.10 Å². The third-order valence-corrected chi connectivity index (χ3v) is 3.03. The monoisotopic (exact) mass is 208 g/mol. The van der Waals surface area contributed by atoms with Crippen molar-refractivity contribution in [1.82, 2.24) is 9.55 Å². The summed E-state index contributed by atoms with van der Waals surface area (Å²) < 4.78 is 1.85. The fourth-order valence-corrected chi connectivity index (χ4v) is 2.15. The van der Waals surface area contributed by atoms with Crippen molar-refractivity contribution in [2.75, 3.05) is 0 Å². The van der Waals surface area contributed by atoms with Gasteiger partial charge in [0.2, 0.25) is 0 Å². The van der Waals surface area contributed by atoms with Crippen molar-refractivity contribution < 1.29 is 5.11 Å². The predicted molar refractivity (Wildman–Crippen MR) is 56.2 cm³/mol. The van der Waals surface area contributed by atoms with E-state index in [1.54, 1.807) is 17.5 Å². The molecule has 0 bridgehead atoms. The quantitative estimate of drug-likeness (QED) is 0.834. The van der Waals surface area contributed by atoms with Crippen molar-refractivity contribution in [3.63, 3.8) is 0 Å². The highest BCUT2D eigenvalue weighted by atomic mass is 32.1. The summed E-state index contributed by atoms with van der Waals surface area (Å²) in [5.74, 6) is 0.721. The third kappa shape index (κ3) is 1.86. The van der Waals surface area contributed by atoms with Gasteiger partial charge in [-0.05, 0) is 11.4 Å². The Morgan fingerprint density at radius 2 is 2.50 bits per heavy atom. The van der Waals surface area contributed by atoms with Crippen LogP contribution in [0.25, 0.3) is 0 Å². The van der Waals surface area contributed by atoms with E-state index in [0.29, 0.717) is 6.42 Å². The molecule has 0 aliphatic heterocycles. The zero-order valence-electron chi connectivity index (χ0n) is 7.92. The van der Waals surface area contributed by atoms with E-state index in [9.17, 15) is 5.11 Å². The molecule has 2 rings (SSSR count). The van der Waals surface area contributed by atoms with Gasteiger partial charge in [-0.3, -0.25) is 0 Å². The molecule has 1 unspecified atom stereocenters. The molecule has 1 atom stereocenters. The van der Waals surface area contributed by atoms with Crippen molar-refractivity contribution in [2.45, 2.75) is 12.5 Å². The summed E-state index contributed by atoms with van der Waals surface area (Å²) in [6.07, 6.45) is 3.68.